The fourth-order valence-electron chi connectivity index (χ4n) is 4.76. The lowest BCUT2D eigenvalue weighted by Crippen LogP contribution is -2.51. The first-order valence-electron chi connectivity index (χ1n) is 12.1. The van der Waals surface area contributed by atoms with Crippen molar-refractivity contribution >= 4 is 21.8 Å². The van der Waals surface area contributed by atoms with Gasteiger partial charge in [-0.2, -0.15) is 4.31 Å². The molecule has 1 atom stereocenters. The summed E-state index contributed by atoms with van der Waals surface area (Å²) in [5.74, 6) is 0.507. The summed E-state index contributed by atoms with van der Waals surface area (Å²) in [6.45, 7) is 4.13. The Morgan fingerprint density at radius 2 is 1.66 bits per heavy atom. The molecule has 0 N–H and O–H groups in total. The number of ether oxygens (including phenoxy) is 1. The van der Waals surface area contributed by atoms with Gasteiger partial charge in [0.25, 0.3) is 5.91 Å². The Bertz CT molecular complexity index is 1180. The molecule has 2 saturated heterocycles. The summed E-state index contributed by atoms with van der Waals surface area (Å²) in [7, 11) is -2.06. The second-order valence-corrected chi connectivity index (χ2v) is 11.1. The number of piperidine rings is 1. The van der Waals surface area contributed by atoms with E-state index in [1.165, 1.54) is 6.07 Å². The second-order valence-electron chi connectivity index (χ2n) is 9.19. The zero-order valence-electron chi connectivity index (χ0n) is 20.4. The molecular weight excluding hydrogens is 466 g/mol. The van der Waals surface area contributed by atoms with Crippen LogP contribution in [0.4, 0.5) is 0 Å². The largest absolute Gasteiger partial charge is 0.497 e. The maximum absolute atomic E-state index is 13.2. The molecule has 2 aliphatic rings. The predicted molar refractivity (Wildman–Crippen MR) is 133 cm³/mol. The number of carbonyl (C=O) groups is 2. The Hall–Kier alpha value is -2.91. The van der Waals surface area contributed by atoms with Gasteiger partial charge in [-0.05, 0) is 55.7 Å². The Morgan fingerprint density at radius 1 is 0.943 bits per heavy atom. The first-order chi connectivity index (χ1) is 16.8. The molecule has 2 heterocycles. The molecule has 0 radical (unpaired) electrons. The van der Waals surface area contributed by atoms with Crippen LogP contribution in [0.15, 0.2) is 53.4 Å². The molecule has 2 fully saturated rings. The minimum absolute atomic E-state index is 0.00842. The van der Waals surface area contributed by atoms with E-state index in [2.05, 4.69) is 0 Å². The summed E-state index contributed by atoms with van der Waals surface area (Å²) >= 11 is 0. The van der Waals surface area contributed by atoms with E-state index < -0.39 is 10.0 Å². The molecule has 2 aromatic rings. The van der Waals surface area contributed by atoms with Crippen LogP contribution < -0.4 is 4.74 Å². The summed E-state index contributed by atoms with van der Waals surface area (Å²) in [5, 5.41) is 0. The van der Waals surface area contributed by atoms with Gasteiger partial charge in [0, 0.05) is 44.3 Å². The first-order valence-corrected chi connectivity index (χ1v) is 13.6. The molecule has 2 aromatic carbocycles. The zero-order valence-corrected chi connectivity index (χ0v) is 21.2. The van der Waals surface area contributed by atoms with E-state index in [1.54, 1.807) is 39.4 Å². The number of nitrogens with zero attached hydrogens (tertiary/aromatic N) is 3. The van der Waals surface area contributed by atoms with Crippen LogP contribution in [0.25, 0.3) is 0 Å². The van der Waals surface area contributed by atoms with Crippen molar-refractivity contribution in [3.63, 3.8) is 0 Å². The Morgan fingerprint density at radius 3 is 2.37 bits per heavy atom. The number of carbonyl (C=O) groups excluding carboxylic acids is 2. The van der Waals surface area contributed by atoms with Gasteiger partial charge in [0.2, 0.25) is 15.9 Å². The van der Waals surface area contributed by atoms with Crippen molar-refractivity contribution in [2.75, 3.05) is 39.8 Å². The topological polar surface area (TPSA) is 87.2 Å². The standard InChI is InChI=1S/C26H33N3O5S/c1-20-7-3-4-12-29(20)35(32,33)24-11-6-9-22(19-24)26(31)28-15-13-27(14-16-28)25(30)18-21-8-5-10-23(17-21)34-2/h5-6,8-11,17,19-20H,3-4,7,12-16,18H2,1-2H3. The molecular formula is C26H33N3O5S. The predicted octanol–water partition coefficient (Wildman–Crippen LogP) is 2.79. The molecule has 1 unspecified atom stereocenters. The van der Waals surface area contributed by atoms with E-state index in [9.17, 15) is 18.0 Å². The molecule has 4 rings (SSSR count). The van der Waals surface area contributed by atoms with Gasteiger partial charge in [-0.25, -0.2) is 8.42 Å². The monoisotopic (exact) mass is 499 g/mol. The van der Waals surface area contributed by atoms with Crippen molar-refractivity contribution in [1.82, 2.24) is 14.1 Å². The van der Waals surface area contributed by atoms with Crippen LogP contribution >= 0.6 is 0 Å². The summed E-state index contributed by atoms with van der Waals surface area (Å²) in [4.78, 5) is 29.5. The van der Waals surface area contributed by atoms with Crippen molar-refractivity contribution in [2.24, 2.45) is 0 Å². The summed E-state index contributed by atoms with van der Waals surface area (Å²) in [6, 6.07) is 13.7. The molecule has 2 amide bonds. The highest BCUT2D eigenvalue weighted by atomic mass is 32.2. The second kappa shape index (κ2) is 10.8. The van der Waals surface area contributed by atoms with Gasteiger partial charge in [0.05, 0.1) is 18.4 Å². The van der Waals surface area contributed by atoms with E-state index in [0.29, 0.717) is 44.0 Å². The number of hydrogen-bond acceptors (Lipinski definition) is 5. The third kappa shape index (κ3) is 5.67. The van der Waals surface area contributed by atoms with E-state index in [4.69, 9.17) is 4.74 Å². The van der Waals surface area contributed by atoms with Gasteiger partial charge in [-0.1, -0.05) is 24.6 Å². The third-order valence-corrected chi connectivity index (χ3v) is 8.85. The van der Waals surface area contributed by atoms with Crippen LogP contribution in [-0.2, 0) is 21.2 Å². The maximum Gasteiger partial charge on any atom is 0.254 e. The van der Waals surface area contributed by atoms with E-state index in [1.807, 2.05) is 31.2 Å². The number of hydrogen-bond donors (Lipinski definition) is 0. The van der Waals surface area contributed by atoms with Gasteiger partial charge < -0.3 is 14.5 Å². The molecule has 0 bridgehead atoms. The molecule has 188 valence electrons. The van der Waals surface area contributed by atoms with Crippen LogP contribution in [0, 0.1) is 0 Å². The Labute approximate surface area is 207 Å². The minimum Gasteiger partial charge on any atom is -0.497 e. The van der Waals surface area contributed by atoms with Crippen molar-refractivity contribution in [3.05, 3.63) is 59.7 Å². The van der Waals surface area contributed by atoms with Crippen LogP contribution in [-0.4, -0.2) is 80.2 Å². The number of amides is 2. The lowest BCUT2D eigenvalue weighted by atomic mass is 10.1. The van der Waals surface area contributed by atoms with Gasteiger partial charge in [-0.3, -0.25) is 9.59 Å². The van der Waals surface area contributed by atoms with Gasteiger partial charge in [0.15, 0.2) is 0 Å². The Kier molecular flexibility index (Phi) is 7.76. The van der Waals surface area contributed by atoms with E-state index in [0.717, 1.165) is 24.8 Å². The molecule has 2 aliphatic heterocycles. The molecule has 8 nitrogen and oxygen atoms in total. The molecule has 0 aliphatic carbocycles. The SMILES string of the molecule is COc1cccc(CC(=O)N2CCN(C(=O)c3cccc(S(=O)(=O)N4CCCCC4C)c3)CC2)c1. The number of sulfonamides is 1. The highest BCUT2D eigenvalue weighted by molar-refractivity contribution is 7.89. The number of benzene rings is 2. The van der Waals surface area contributed by atoms with Crippen LogP contribution in [0.3, 0.4) is 0 Å². The quantitative estimate of drug-likeness (QED) is 0.610. The average Bonchev–Trinajstić information content (AvgIpc) is 2.88. The van der Waals surface area contributed by atoms with Gasteiger partial charge >= 0.3 is 0 Å². The molecule has 9 heteroatoms. The lowest BCUT2D eigenvalue weighted by Gasteiger charge is -2.35. The number of rotatable bonds is 6. The number of piperazine rings is 1. The smallest absolute Gasteiger partial charge is 0.254 e. The van der Waals surface area contributed by atoms with Crippen molar-refractivity contribution in [2.45, 2.75) is 43.5 Å². The van der Waals surface area contributed by atoms with Crippen molar-refractivity contribution in [1.29, 1.82) is 0 Å². The highest BCUT2D eigenvalue weighted by Crippen LogP contribution is 2.26. The normalized spacial score (nSPS) is 19.4. The lowest BCUT2D eigenvalue weighted by molar-refractivity contribution is -0.131. The van der Waals surface area contributed by atoms with Crippen molar-refractivity contribution in [3.8, 4) is 5.75 Å². The highest BCUT2D eigenvalue weighted by Gasteiger charge is 2.32. The zero-order chi connectivity index (χ0) is 25.0. The van der Waals surface area contributed by atoms with E-state index >= 15 is 0 Å². The first kappa shape index (κ1) is 25.2. The molecule has 0 spiro atoms. The Balaban J connectivity index is 1.38. The van der Waals surface area contributed by atoms with Crippen LogP contribution in [0.2, 0.25) is 0 Å². The summed E-state index contributed by atoms with van der Waals surface area (Å²) in [6.07, 6.45) is 3.00. The van der Waals surface area contributed by atoms with Crippen LogP contribution in [0.5, 0.6) is 5.75 Å². The fourth-order valence-corrected chi connectivity index (χ4v) is 6.51. The van der Waals surface area contributed by atoms with Crippen LogP contribution in [0.1, 0.15) is 42.1 Å². The maximum atomic E-state index is 13.2. The minimum atomic E-state index is -3.65. The number of methoxy groups -OCH3 is 1. The average molecular weight is 500 g/mol. The summed E-state index contributed by atoms with van der Waals surface area (Å²) < 4.78 is 33.2. The third-order valence-electron chi connectivity index (χ3n) is 6.84. The fraction of sp³-hybridized carbons (Fsp3) is 0.462. The molecule has 0 saturated carbocycles. The van der Waals surface area contributed by atoms with E-state index in [-0.39, 0.29) is 29.2 Å². The molecule has 0 aromatic heterocycles. The van der Waals surface area contributed by atoms with Gasteiger partial charge in [0.1, 0.15) is 5.75 Å². The van der Waals surface area contributed by atoms with Crippen molar-refractivity contribution < 1.29 is 22.7 Å². The molecule has 35 heavy (non-hydrogen) atoms. The summed E-state index contributed by atoms with van der Waals surface area (Å²) in [5.41, 5.74) is 1.24. The van der Waals surface area contributed by atoms with Gasteiger partial charge in [-0.15, -0.1) is 0 Å².